The van der Waals surface area contributed by atoms with Crippen LogP contribution in [0.4, 0.5) is 0 Å². The summed E-state index contributed by atoms with van der Waals surface area (Å²) in [6.07, 6.45) is 0.114. The van der Waals surface area contributed by atoms with Crippen molar-refractivity contribution in [3.8, 4) is 0 Å². The number of hydrogen-bond acceptors (Lipinski definition) is 5. The summed E-state index contributed by atoms with van der Waals surface area (Å²) in [5.74, 6) is -0.792. The first-order valence-electron chi connectivity index (χ1n) is 5.64. The van der Waals surface area contributed by atoms with Gasteiger partial charge in [-0.05, 0) is 12.1 Å². The average Bonchev–Trinajstić information content (AvgIpc) is 2.67. The lowest BCUT2D eigenvalue weighted by molar-refractivity contribution is -0.138. The van der Waals surface area contributed by atoms with E-state index >= 15 is 0 Å². The second-order valence-corrected chi connectivity index (χ2v) is 5.83. The van der Waals surface area contributed by atoms with E-state index in [1.54, 1.807) is 0 Å². The predicted molar refractivity (Wildman–Crippen MR) is 67.7 cm³/mol. The summed E-state index contributed by atoms with van der Waals surface area (Å²) < 4.78 is 5.29. The maximum Gasteiger partial charge on any atom is 0.304 e. The molecule has 1 aliphatic heterocycles. The molecule has 0 bridgehead atoms. The highest BCUT2D eigenvalue weighted by molar-refractivity contribution is 8.00. The van der Waals surface area contributed by atoms with Crippen molar-refractivity contribution in [2.75, 3.05) is 13.1 Å². The van der Waals surface area contributed by atoms with E-state index in [1.165, 1.54) is 11.8 Å². The van der Waals surface area contributed by atoms with Crippen molar-refractivity contribution in [3.05, 3.63) is 24.3 Å². The number of rotatable bonds is 4. The van der Waals surface area contributed by atoms with E-state index in [0.29, 0.717) is 18.3 Å². The molecular weight excluding hydrogens is 252 g/mol. The minimum atomic E-state index is -0.792. The van der Waals surface area contributed by atoms with Gasteiger partial charge in [0.1, 0.15) is 5.52 Å². The minimum absolute atomic E-state index is 0.114. The number of nitrogens with one attached hydrogen (secondary N) is 1. The van der Waals surface area contributed by atoms with Crippen LogP contribution in [0.15, 0.2) is 33.9 Å². The maximum atomic E-state index is 10.9. The van der Waals surface area contributed by atoms with Gasteiger partial charge in [-0.2, -0.15) is 0 Å². The smallest absolute Gasteiger partial charge is 0.304 e. The first-order chi connectivity index (χ1) is 8.67. The molecule has 0 spiro atoms. The summed E-state index contributed by atoms with van der Waals surface area (Å²) in [6.45, 7) is 1.34. The number of carbonyl (C=O) groups is 1. The monoisotopic (exact) mass is 264 g/mol. The van der Waals surface area contributed by atoms with Crippen LogP contribution >= 0.6 is 11.8 Å². The highest BCUT2D eigenvalue weighted by Crippen LogP contribution is 2.39. The van der Waals surface area contributed by atoms with E-state index in [0.717, 1.165) is 11.1 Å². The van der Waals surface area contributed by atoms with Crippen LogP contribution in [0.3, 0.4) is 0 Å². The number of hydrogen-bond donors (Lipinski definition) is 2. The molecule has 2 aromatic rings. The highest BCUT2D eigenvalue weighted by atomic mass is 32.2. The number of aliphatic carboxylic acids is 1. The molecule has 18 heavy (non-hydrogen) atoms. The van der Waals surface area contributed by atoms with Gasteiger partial charge in [0.15, 0.2) is 5.58 Å². The molecule has 2 N–H and O–H groups in total. The number of nitrogens with zero attached hydrogens (tertiary/aromatic N) is 1. The van der Waals surface area contributed by atoms with Crippen LogP contribution in [-0.4, -0.2) is 33.9 Å². The summed E-state index contributed by atoms with van der Waals surface area (Å²) in [6, 6.07) is 7.53. The van der Waals surface area contributed by atoms with Gasteiger partial charge >= 0.3 is 5.97 Å². The fourth-order valence-corrected chi connectivity index (χ4v) is 3.18. The minimum Gasteiger partial charge on any atom is -0.481 e. The molecule has 94 valence electrons. The van der Waals surface area contributed by atoms with Crippen LogP contribution < -0.4 is 5.32 Å². The Morgan fingerprint density at radius 3 is 2.89 bits per heavy atom. The number of carboxylic acid groups (broad SMARTS) is 1. The highest BCUT2D eigenvalue weighted by Gasteiger charge is 2.41. The zero-order valence-corrected chi connectivity index (χ0v) is 10.4. The van der Waals surface area contributed by atoms with Crippen LogP contribution in [0.2, 0.25) is 0 Å². The molecule has 0 unspecified atom stereocenters. The Kier molecular flexibility index (Phi) is 2.76. The fraction of sp³-hybridized carbons (Fsp3) is 0.333. The number of para-hydroxylation sites is 2. The molecule has 0 aliphatic carbocycles. The number of thioether (sulfide) groups is 1. The van der Waals surface area contributed by atoms with Crippen molar-refractivity contribution in [3.63, 3.8) is 0 Å². The maximum absolute atomic E-state index is 10.9. The lowest BCUT2D eigenvalue weighted by atomic mass is 9.98. The van der Waals surface area contributed by atoms with E-state index in [-0.39, 0.29) is 11.2 Å². The molecule has 0 saturated carbocycles. The van der Waals surface area contributed by atoms with Gasteiger partial charge < -0.3 is 14.8 Å². The van der Waals surface area contributed by atoms with Crippen LogP contribution in [0, 0.1) is 0 Å². The molecule has 0 atom stereocenters. The van der Waals surface area contributed by atoms with Gasteiger partial charge in [0.05, 0.1) is 11.2 Å². The number of aromatic nitrogens is 1. The number of benzene rings is 1. The molecule has 1 fully saturated rings. The quantitative estimate of drug-likeness (QED) is 0.876. The number of oxazole rings is 1. The third kappa shape index (κ3) is 2.09. The third-order valence-corrected chi connectivity index (χ3v) is 4.16. The Bertz CT molecular complexity index is 559. The molecule has 1 aromatic carbocycles. The summed E-state index contributed by atoms with van der Waals surface area (Å²) in [5.41, 5.74) is 1.54. The molecule has 1 saturated heterocycles. The molecule has 2 heterocycles. The molecule has 3 rings (SSSR count). The summed E-state index contributed by atoms with van der Waals surface area (Å²) in [5, 5.41) is 12.6. The van der Waals surface area contributed by atoms with Crippen LogP contribution in [0.25, 0.3) is 11.1 Å². The fourth-order valence-electron chi connectivity index (χ4n) is 1.99. The predicted octanol–water partition coefficient (Wildman–Crippen LogP) is 1.74. The van der Waals surface area contributed by atoms with E-state index in [2.05, 4.69) is 10.3 Å². The molecular formula is C12H12N2O3S. The van der Waals surface area contributed by atoms with Gasteiger partial charge in [-0.15, -0.1) is 0 Å². The van der Waals surface area contributed by atoms with E-state index in [1.807, 2.05) is 24.3 Å². The van der Waals surface area contributed by atoms with Crippen molar-refractivity contribution in [2.45, 2.75) is 16.4 Å². The standard InChI is InChI=1S/C12H12N2O3S/c15-10(16)5-12(6-13-7-12)18-11-14-8-3-1-2-4-9(8)17-11/h1-4,13H,5-7H2,(H,15,16). The Morgan fingerprint density at radius 1 is 1.50 bits per heavy atom. The topological polar surface area (TPSA) is 75.4 Å². The molecule has 0 radical (unpaired) electrons. The van der Waals surface area contributed by atoms with Crippen molar-refractivity contribution in [1.82, 2.24) is 10.3 Å². The Hall–Kier alpha value is -1.53. The second kappa shape index (κ2) is 4.29. The lowest BCUT2D eigenvalue weighted by Gasteiger charge is -2.39. The van der Waals surface area contributed by atoms with Crippen molar-refractivity contribution >= 4 is 28.8 Å². The molecule has 0 amide bonds. The normalized spacial score (nSPS) is 17.6. The van der Waals surface area contributed by atoms with E-state index < -0.39 is 5.97 Å². The largest absolute Gasteiger partial charge is 0.481 e. The summed E-state index contributed by atoms with van der Waals surface area (Å²) in [4.78, 5) is 15.2. The van der Waals surface area contributed by atoms with E-state index in [4.69, 9.17) is 9.52 Å². The Morgan fingerprint density at radius 2 is 2.28 bits per heavy atom. The van der Waals surface area contributed by atoms with Crippen molar-refractivity contribution < 1.29 is 14.3 Å². The zero-order valence-electron chi connectivity index (χ0n) is 9.55. The van der Waals surface area contributed by atoms with Crippen molar-refractivity contribution in [1.29, 1.82) is 0 Å². The molecule has 6 heteroatoms. The van der Waals surface area contributed by atoms with Gasteiger partial charge in [-0.3, -0.25) is 4.79 Å². The van der Waals surface area contributed by atoms with Crippen molar-refractivity contribution in [2.24, 2.45) is 0 Å². The third-order valence-electron chi connectivity index (χ3n) is 2.95. The summed E-state index contributed by atoms with van der Waals surface area (Å²) >= 11 is 1.41. The van der Waals surface area contributed by atoms with Gasteiger partial charge in [-0.1, -0.05) is 23.9 Å². The number of fused-ring (bicyclic) bond motifs is 1. The second-order valence-electron chi connectivity index (χ2n) is 4.41. The molecule has 1 aromatic heterocycles. The van der Waals surface area contributed by atoms with Crippen LogP contribution in [-0.2, 0) is 4.79 Å². The molecule has 5 nitrogen and oxygen atoms in total. The SMILES string of the molecule is O=C(O)CC1(Sc2nc3ccccc3o2)CNC1. The van der Waals surface area contributed by atoms with Gasteiger partial charge in [0, 0.05) is 13.1 Å². The summed E-state index contributed by atoms with van der Waals surface area (Å²) in [7, 11) is 0. The van der Waals surface area contributed by atoms with E-state index in [9.17, 15) is 4.79 Å². The lowest BCUT2D eigenvalue weighted by Crippen LogP contribution is -2.57. The zero-order chi connectivity index (χ0) is 12.6. The Balaban J connectivity index is 1.84. The first kappa shape index (κ1) is 11.6. The number of carboxylic acids is 1. The van der Waals surface area contributed by atoms with Gasteiger partial charge in [-0.25, -0.2) is 4.98 Å². The first-order valence-corrected chi connectivity index (χ1v) is 6.46. The van der Waals surface area contributed by atoms with Gasteiger partial charge in [0.25, 0.3) is 5.22 Å². The average molecular weight is 264 g/mol. The molecule has 1 aliphatic rings. The Labute approximate surface area is 108 Å². The van der Waals surface area contributed by atoms with Gasteiger partial charge in [0.2, 0.25) is 0 Å². The van der Waals surface area contributed by atoms with Crippen LogP contribution in [0.5, 0.6) is 0 Å². The van der Waals surface area contributed by atoms with Crippen LogP contribution in [0.1, 0.15) is 6.42 Å².